The van der Waals surface area contributed by atoms with Crippen LogP contribution in [0.1, 0.15) is 80.9 Å². The molecular formula is C36H43FN8O7S. The number of sulfonamides is 1. The Morgan fingerprint density at radius 3 is 2.64 bits per heavy atom. The Balaban J connectivity index is 1.21. The van der Waals surface area contributed by atoms with E-state index in [-0.39, 0.29) is 36.5 Å². The number of ether oxygens (including phenoxy) is 1. The van der Waals surface area contributed by atoms with Gasteiger partial charge in [0, 0.05) is 31.6 Å². The van der Waals surface area contributed by atoms with Crippen molar-refractivity contribution >= 4 is 44.7 Å². The number of amides is 4. The van der Waals surface area contributed by atoms with Gasteiger partial charge in [-0.25, -0.2) is 22.8 Å². The minimum absolute atomic E-state index is 0.00935. The molecule has 0 radical (unpaired) electrons. The third-order valence-electron chi connectivity index (χ3n) is 10.5. The van der Waals surface area contributed by atoms with Crippen molar-refractivity contribution < 1.29 is 36.7 Å². The van der Waals surface area contributed by atoms with E-state index in [0.717, 1.165) is 12.8 Å². The third-order valence-corrected chi connectivity index (χ3v) is 12.3. The molecule has 5 atom stereocenters. The summed E-state index contributed by atoms with van der Waals surface area (Å²) >= 11 is 0. The maximum Gasteiger partial charge on any atom is 0.270 e. The van der Waals surface area contributed by atoms with E-state index in [2.05, 4.69) is 30.4 Å². The summed E-state index contributed by atoms with van der Waals surface area (Å²) < 4.78 is 49.7. The third kappa shape index (κ3) is 7.61. The lowest BCUT2D eigenvalue weighted by Crippen LogP contribution is -2.58. The summed E-state index contributed by atoms with van der Waals surface area (Å²) in [5.41, 5.74) is -0.0103. The molecule has 3 N–H and O–H groups in total. The van der Waals surface area contributed by atoms with Crippen LogP contribution in [-0.4, -0.2) is 92.2 Å². The first-order valence-electron chi connectivity index (χ1n) is 18.2. The molecular weight excluding hydrogens is 708 g/mol. The molecule has 3 fully saturated rings. The fourth-order valence-corrected chi connectivity index (χ4v) is 8.57. The van der Waals surface area contributed by atoms with Crippen LogP contribution in [0.2, 0.25) is 0 Å². The van der Waals surface area contributed by atoms with Crippen molar-refractivity contribution in [1.82, 2.24) is 40.0 Å². The highest BCUT2D eigenvalue weighted by Gasteiger charge is 2.62. The van der Waals surface area contributed by atoms with Crippen molar-refractivity contribution in [3.8, 4) is 5.88 Å². The average Bonchev–Trinajstić information content (AvgIpc) is 4.01. The zero-order chi connectivity index (χ0) is 37.5. The minimum atomic E-state index is -3.91. The lowest BCUT2D eigenvalue weighted by Gasteiger charge is -2.30. The van der Waals surface area contributed by atoms with Crippen LogP contribution in [0.4, 0.5) is 4.39 Å². The van der Waals surface area contributed by atoms with Gasteiger partial charge in [0.15, 0.2) is 0 Å². The fourth-order valence-electron chi connectivity index (χ4n) is 7.21. The SMILES string of the molecule is CCc1nc2ccc(F)cc2nc1OC1CC2C(=O)NC3(C(=O)NS(=O)(=O)C4CC4)CC3/C=C\CCCCCC(NC(=O)c3ccnn3C)C(=O)N2C1. The molecule has 4 amide bonds. The van der Waals surface area contributed by atoms with Crippen LogP contribution in [0.5, 0.6) is 5.88 Å². The molecule has 2 saturated carbocycles. The number of nitrogens with zero attached hydrogens (tertiary/aromatic N) is 5. The van der Waals surface area contributed by atoms with E-state index >= 15 is 0 Å². The van der Waals surface area contributed by atoms with E-state index in [1.54, 1.807) is 7.05 Å². The Hall–Kier alpha value is -4.93. The van der Waals surface area contributed by atoms with Crippen molar-refractivity contribution in [2.45, 2.75) is 100 Å². The number of halogens is 1. The molecule has 7 rings (SSSR count). The Morgan fingerprint density at radius 1 is 1.09 bits per heavy atom. The number of hydrogen-bond acceptors (Lipinski definition) is 10. The lowest BCUT2D eigenvalue weighted by molar-refractivity contribution is -0.141. The van der Waals surface area contributed by atoms with Crippen LogP contribution < -0.4 is 20.1 Å². The first kappa shape index (κ1) is 36.4. The van der Waals surface area contributed by atoms with Gasteiger partial charge in [-0.05, 0) is 63.1 Å². The van der Waals surface area contributed by atoms with Gasteiger partial charge in [0.2, 0.25) is 27.7 Å². The number of fused-ring (bicyclic) bond motifs is 3. The Kier molecular flexibility index (Phi) is 9.95. The van der Waals surface area contributed by atoms with Gasteiger partial charge in [-0.2, -0.15) is 5.10 Å². The minimum Gasteiger partial charge on any atom is -0.471 e. The average molecular weight is 751 g/mol. The van der Waals surface area contributed by atoms with Crippen LogP contribution in [-0.2, 0) is 37.9 Å². The van der Waals surface area contributed by atoms with E-state index < -0.39 is 74.4 Å². The second-order valence-corrected chi connectivity index (χ2v) is 16.3. The van der Waals surface area contributed by atoms with E-state index in [1.807, 2.05) is 19.1 Å². The summed E-state index contributed by atoms with van der Waals surface area (Å²) in [6.07, 6.45) is 9.13. The molecule has 4 aliphatic rings. The van der Waals surface area contributed by atoms with Crippen LogP contribution in [0.25, 0.3) is 11.0 Å². The molecule has 17 heteroatoms. The molecule has 282 valence electrons. The normalized spacial score (nSPS) is 27.1. The van der Waals surface area contributed by atoms with Gasteiger partial charge in [0.25, 0.3) is 11.8 Å². The molecule has 0 bridgehead atoms. The molecule has 2 aliphatic heterocycles. The Morgan fingerprint density at radius 2 is 1.91 bits per heavy atom. The summed E-state index contributed by atoms with van der Waals surface area (Å²) in [6.45, 7) is 1.80. The van der Waals surface area contributed by atoms with Crippen molar-refractivity contribution in [3.05, 3.63) is 59.8 Å². The molecule has 4 heterocycles. The van der Waals surface area contributed by atoms with Crippen LogP contribution in [0.15, 0.2) is 42.6 Å². The monoisotopic (exact) mass is 750 g/mol. The topological polar surface area (TPSA) is 195 Å². The maximum atomic E-state index is 14.5. The maximum absolute atomic E-state index is 14.5. The molecule has 2 aliphatic carbocycles. The molecule has 0 spiro atoms. The molecule has 1 aromatic carbocycles. The molecule has 53 heavy (non-hydrogen) atoms. The number of aromatic nitrogens is 4. The van der Waals surface area contributed by atoms with Gasteiger partial charge in [-0.1, -0.05) is 31.9 Å². The molecule has 3 aromatic rings. The first-order chi connectivity index (χ1) is 25.4. The zero-order valence-electron chi connectivity index (χ0n) is 29.6. The Bertz CT molecular complexity index is 2090. The number of carbonyl (C=O) groups excluding carboxylic acids is 4. The van der Waals surface area contributed by atoms with Crippen LogP contribution in [0, 0.1) is 11.7 Å². The smallest absolute Gasteiger partial charge is 0.270 e. The molecule has 1 saturated heterocycles. The van der Waals surface area contributed by atoms with Gasteiger partial charge in [0.05, 0.1) is 22.8 Å². The Labute approximate surface area is 306 Å². The van der Waals surface area contributed by atoms with Gasteiger partial charge in [-0.15, -0.1) is 0 Å². The van der Waals surface area contributed by atoms with Crippen molar-refractivity contribution in [2.75, 3.05) is 6.54 Å². The number of allylic oxidation sites excluding steroid dienone is 1. The highest BCUT2D eigenvalue weighted by molar-refractivity contribution is 7.91. The van der Waals surface area contributed by atoms with Gasteiger partial charge in [0.1, 0.15) is 40.9 Å². The molecule has 2 aromatic heterocycles. The van der Waals surface area contributed by atoms with Crippen LogP contribution in [0.3, 0.4) is 0 Å². The summed E-state index contributed by atoms with van der Waals surface area (Å²) in [6, 6.07) is 3.44. The predicted octanol–water partition coefficient (Wildman–Crippen LogP) is 2.22. The standard InChI is InChI=1S/C36H43FN8O7S/c1-3-25-33(41-28-17-22(37)11-14-26(28)39-25)52-23-18-30-32(47)42-36(35(49)43-53(50,51)24-12-13-24)19-21(36)9-7-5-4-6-8-10-27(34(48)45(30)20-23)40-31(46)29-15-16-38-44(29)2/h7,9,11,14-17,21,23-24,27,30H,3-6,8,10,12-13,18-20H2,1-2H3,(H,40,46)(H,42,47)(H,43,49)/b9-7-. The number of rotatable bonds is 8. The quantitative estimate of drug-likeness (QED) is 0.288. The highest BCUT2D eigenvalue weighted by Crippen LogP contribution is 2.46. The second kappa shape index (κ2) is 14.5. The van der Waals surface area contributed by atoms with Gasteiger partial charge >= 0.3 is 0 Å². The van der Waals surface area contributed by atoms with Crippen molar-refractivity contribution in [1.29, 1.82) is 0 Å². The van der Waals surface area contributed by atoms with E-state index in [9.17, 15) is 32.0 Å². The summed E-state index contributed by atoms with van der Waals surface area (Å²) in [7, 11) is -2.29. The van der Waals surface area contributed by atoms with Gasteiger partial charge < -0.3 is 20.3 Å². The summed E-state index contributed by atoms with van der Waals surface area (Å²) in [4.78, 5) is 66.4. The summed E-state index contributed by atoms with van der Waals surface area (Å²) in [5.74, 6) is -3.29. The number of carbonyl (C=O) groups is 4. The highest BCUT2D eigenvalue weighted by atomic mass is 32.2. The second-order valence-electron chi connectivity index (χ2n) is 14.3. The zero-order valence-corrected chi connectivity index (χ0v) is 30.4. The van der Waals surface area contributed by atoms with E-state index in [0.29, 0.717) is 49.7 Å². The predicted molar refractivity (Wildman–Crippen MR) is 189 cm³/mol. The lowest BCUT2D eigenvalue weighted by atomic mass is 10.0. The summed E-state index contributed by atoms with van der Waals surface area (Å²) in [5, 5.41) is 9.13. The fraction of sp³-hybridized carbons (Fsp3) is 0.528. The van der Waals surface area contributed by atoms with E-state index in [4.69, 9.17) is 4.74 Å². The van der Waals surface area contributed by atoms with Gasteiger partial charge in [-0.3, -0.25) is 28.6 Å². The number of nitrogens with one attached hydrogen (secondary N) is 3. The first-order valence-corrected chi connectivity index (χ1v) is 19.7. The number of aryl methyl sites for hydroxylation is 2. The van der Waals surface area contributed by atoms with E-state index in [1.165, 1.54) is 40.0 Å². The van der Waals surface area contributed by atoms with Crippen molar-refractivity contribution in [2.24, 2.45) is 13.0 Å². The number of hydrogen-bond donors (Lipinski definition) is 3. The molecule has 15 nitrogen and oxygen atoms in total. The number of benzene rings is 1. The van der Waals surface area contributed by atoms with Crippen LogP contribution >= 0.6 is 0 Å². The largest absolute Gasteiger partial charge is 0.471 e. The van der Waals surface area contributed by atoms with Crippen molar-refractivity contribution in [3.63, 3.8) is 0 Å². The molecule has 5 unspecified atom stereocenters.